The Morgan fingerprint density at radius 3 is 2.16 bits per heavy atom. The highest BCUT2D eigenvalue weighted by molar-refractivity contribution is 5.85. The average molecular weight is 281 g/mol. The van der Waals surface area contributed by atoms with Gasteiger partial charge in [0.1, 0.15) is 13.1 Å². The second-order valence-electron chi connectivity index (χ2n) is 5.29. The summed E-state index contributed by atoms with van der Waals surface area (Å²) in [7, 11) is 0. The molecule has 19 heavy (non-hydrogen) atoms. The summed E-state index contributed by atoms with van der Waals surface area (Å²) in [5.41, 5.74) is -0.862. The molecule has 1 N–H and O–H groups in total. The number of hydrogen-bond acceptors (Lipinski definition) is 2. The van der Waals surface area contributed by atoms with Gasteiger partial charge in [-0.1, -0.05) is 26.2 Å². The molecule has 1 rings (SSSR count). The van der Waals surface area contributed by atoms with Gasteiger partial charge >= 0.3 is 12.1 Å². The number of carbonyl (C=O) groups excluding carboxylic acids is 1. The number of carboxylic acid groups (broad SMARTS) is 1. The molecule has 0 aromatic heterocycles. The van der Waals surface area contributed by atoms with Gasteiger partial charge in [0, 0.05) is 5.41 Å². The van der Waals surface area contributed by atoms with Crippen LogP contribution in [0.25, 0.3) is 0 Å². The molecule has 0 spiro atoms. The van der Waals surface area contributed by atoms with Gasteiger partial charge in [0.2, 0.25) is 5.91 Å². The van der Waals surface area contributed by atoms with Crippen LogP contribution in [0.1, 0.15) is 39.0 Å². The Kier molecular flexibility index (Phi) is 4.81. The lowest BCUT2D eigenvalue weighted by molar-refractivity contribution is -0.172. The summed E-state index contributed by atoms with van der Waals surface area (Å²) < 4.78 is 37.3. The zero-order valence-electron chi connectivity index (χ0n) is 10.8. The van der Waals surface area contributed by atoms with Crippen molar-refractivity contribution in [1.29, 1.82) is 0 Å². The quantitative estimate of drug-likeness (QED) is 0.861. The Balaban J connectivity index is 2.83. The van der Waals surface area contributed by atoms with Crippen molar-refractivity contribution in [3.63, 3.8) is 0 Å². The van der Waals surface area contributed by atoms with Crippen LogP contribution >= 0.6 is 0 Å². The Labute approximate surface area is 109 Å². The summed E-state index contributed by atoms with van der Waals surface area (Å²) in [6, 6.07) is 0. The number of carbonyl (C=O) groups is 2. The van der Waals surface area contributed by atoms with Crippen LogP contribution in [0.15, 0.2) is 0 Å². The second kappa shape index (κ2) is 5.79. The maximum absolute atomic E-state index is 12.4. The molecule has 1 fully saturated rings. The molecular weight excluding hydrogens is 263 g/mol. The van der Waals surface area contributed by atoms with Crippen LogP contribution in [0.4, 0.5) is 13.2 Å². The third-order valence-electron chi connectivity index (χ3n) is 3.46. The van der Waals surface area contributed by atoms with Crippen LogP contribution in [0.2, 0.25) is 0 Å². The van der Waals surface area contributed by atoms with Gasteiger partial charge in [-0.15, -0.1) is 0 Å². The lowest BCUT2D eigenvalue weighted by atomic mass is 9.74. The molecule has 0 atom stereocenters. The predicted molar refractivity (Wildman–Crippen MR) is 61.5 cm³/mol. The smallest absolute Gasteiger partial charge is 0.406 e. The van der Waals surface area contributed by atoms with Gasteiger partial charge in [-0.25, -0.2) is 0 Å². The molecule has 0 unspecified atom stereocenters. The predicted octanol–water partition coefficient (Wildman–Crippen LogP) is 2.43. The van der Waals surface area contributed by atoms with Crippen molar-refractivity contribution in [3.05, 3.63) is 0 Å². The van der Waals surface area contributed by atoms with E-state index in [1.165, 1.54) is 0 Å². The summed E-state index contributed by atoms with van der Waals surface area (Å²) in [5, 5.41) is 8.65. The van der Waals surface area contributed by atoms with Crippen molar-refractivity contribution >= 4 is 11.9 Å². The van der Waals surface area contributed by atoms with E-state index in [2.05, 4.69) is 0 Å². The van der Waals surface area contributed by atoms with Crippen LogP contribution < -0.4 is 0 Å². The van der Waals surface area contributed by atoms with Crippen molar-refractivity contribution in [3.8, 4) is 0 Å². The molecule has 0 aliphatic heterocycles. The number of nitrogens with zero attached hydrogens (tertiary/aromatic N) is 1. The molecule has 0 aromatic carbocycles. The average Bonchev–Trinajstić information content (AvgIpc) is 2.25. The first kappa shape index (κ1) is 15.8. The molecule has 0 aromatic rings. The topological polar surface area (TPSA) is 57.6 Å². The molecule has 4 nitrogen and oxygen atoms in total. The molecular formula is C12H18F3NO3. The number of rotatable bonds is 4. The molecule has 0 bridgehead atoms. The van der Waals surface area contributed by atoms with E-state index < -0.39 is 36.6 Å². The molecule has 1 amide bonds. The maximum Gasteiger partial charge on any atom is 0.406 e. The van der Waals surface area contributed by atoms with E-state index in [0.717, 1.165) is 19.3 Å². The third-order valence-corrected chi connectivity index (χ3v) is 3.46. The van der Waals surface area contributed by atoms with Gasteiger partial charge < -0.3 is 10.0 Å². The van der Waals surface area contributed by atoms with Crippen LogP contribution in [0.3, 0.4) is 0 Å². The first-order chi connectivity index (χ1) is 8.64. The van der Waals surface area contributed by atoms with Crippen molar-refractivity contribution in [2.75, 3.05) is 13.1 Å². The van der Waals surface area contributed by atoms with E-state index in [4.69, 9.17) is 5.11 Å². The molecule has 7 heteroatoms. The van der Waals surface area contributed by atoms with Gasteiger partial charge in [0.05, 0.1) is 0 Å². The zero-order valence-corrected chi connectivity index (χ0v) is 10.8. The lowest BCUT2D eigenvalue weighted by Crippen LogP contribution is -2.49. The zero-order chi connectivity index (χ0) is 14.7. The molecule has 0 saturated heterocycles. The monoisotopic (exact) mass is 281 g/mol. The molecule has 110 valence electrons. The molecule has 1 saturated carbocycles. The van der Waals surface area contributed by atoms with Gasteiger partial charge in [0.25, 0.3) is 0 Å². The van der Waals surface area contributed by atoms with Crippen molar-refractivity contribution in [1.82, 2.24) is 4.90 Å². The second-order valence-corrected chi connectivity index (χ2v) is 5.29. The number of hydrogen-bond donors (Lipinski definition) is 1. The highest BCUT2D eigenvalue weighted by Gasteiger charge is 2.42. The van der Waals surface area contributed by atoms with Gasteiger partial charge in [-0.05, 0) is 12.8 Å². The normalized spacial score (nSPS) is 18.9. The summed E-state index contributed by atoms with van der Waals surface area (Å²) in [4.78, 5) is 23.2. The summed E-state index contributed by atoms with van der Waals surface area (Å²) in [5.74, 6) is -2.14. The fraction of sp³-hybridized carbons (Fsp3) is 0.833. The summed E-state index contributed by atoms with van der Waals surface area (Å²) in [6.07, 6.45) is -1.03. The Morgan fingerprint density at radius 2 is 1.74 bits per heavy atom. The Morgan fingerprint density at radius 1 is 1.21 bits per heavy atom. The Hall–Kier alpha value is -1.27. The van der Waals surface area contributed by atoms with Crippen molar-refractivity contribution < 1.29 is 27.9 Å². The molecule has 0 heterocycles. The van der Waals surface area contributed by atoms with Crippen LogP contribution in [0, 0.1) is 5.41 Å². The van der Waals surface area contributed by atoms with E-state index in [0.29, 0.717) is 17.7 Å². The van der Waals surface area contributed by atoms with E-state index in [1.54, 1.807) is 6.92 Å². The fourth-order valence-electron chi connectivity index (χ4n) is 2.51. The third kappa shape index (κ3) is 4.72. The minimum Gasteiger partial charge on any atom is -0.480 e. The van der Waals surface area contributed by atoms with Crippen molar-refractivity contribution in [2.24, 2.45) is 5.41 Å². The fourth-order valence-corrected chi connectivity index (χ4v) is 2.51. The largest absolute Gasteiger partial charge is 0.480 e. The molecule has 0 radical (unpaired) electrons. The van der Waals surface area contributed by atoms with Crippen LogP contribution in [0.5, 0.6) is 0 Å². The number of halogens is 3. The van der Waals surface area contributed by atoms with E-state index in [-0.39, 0.29) is 0 Å². The molecule has 1 aliphatic carbocycles. The van der Waals surface area contributed by atoms with E-state index in [1.807, 2.05) is 0 Å². The lowest BCUT2D eigenvalue weighted by Gasteiger charge is -2.36. The maximum atomic E-state index is 12.4. The minimum absolute atomic E-state index is 0.410. The first-order valence-electron chi connectivity index (χ1n) is 6.22. The van der Waals surface area contributed by atoms with Gasteiger partial charge in [0.15, 0.2) is 0 Å². The van der Waals surface area contributed by atoms with Gasteiger partial charge in [-0.3, -0.25) is 9.59 Å². The minimum atomic E-state index is -4.59. The molecule has 1 aliphatic rings. The van der Waals surface area contributed by atoms with E-state index in [9.17, 15) is 22.8 Å². The van der Waals surface area contributed by atoms with Gasteiger partial charge in [-0.2, -0.15) is 13.2 Å². The first-order valence-corrected chi connectivity index (χ1v) is 6.22. The van der Waals surface area contributed by atoms with E-state index >= 15 is 0 Å². The summed E-state index contributed by atoms with van der Waals surface area (Å²) >= 11 is 0. The number of amides is 1. The van der Waals surface area contributed by atoms with Crippen LogP contribution in [-0.4, -0.2) is 41.1 Å². The highest BCUT2D eigenvalue weighted by atomic mass is 19.4. The Bertz CT molecular complexity index is 349. The summed E-state index contributed by atoms with van der Waals surface area (Å²) in [6.45, 7) is -0.790. The number of aliphatic carboxylic acids is 1. The highest BCUT2D eigenvalue weighted by Crippen LogP contribution is 2.37. The SMILES string of the molecule is CC1(C(=O)N(CC(=O)O)CC(F)(F)F)CCCCC1. The van der Waals surface area contributed by atoms with Crippen molar-refractivity contribution in [2.45, 2.75) is 45.2 Å². The standard InChI is InChI=1S/C12H18F3NO3/c1-11(5-3-2-4-6-11)10(19)16(7-9(17)18)8-12(13,14)15/h2-8H2,1H3,(H,17,18). The number of alkyl halides is 3. The van der Waals surface area contributed by atoms with Crippen LogP contribution in [-0.2, 0) is 9.59 Å². The number of carboxylic acids is 1.